The number of carbonyl (C=O) groups is 1. The Hall–Kier alpha value is -2.04. The van der Waals surface area contributed by atoms with Crippen molar-refractivity contribution < 1.29 is 13.2 Å². The van der Waals surface area contributed by atoms with E-state index in [1.54, 1.807) is 36.4 Å². The number of rotatable bonds is 7. The monoisotopic (exact) mass is 551 g/mol. The van der Waals surface area contributed by atoms with Gasteiger partial charge in [0.25, 0.3) is 0 Å². The molecular weight excluding hydrogens is 536 g/mol. The van der Waals surface area contributed by atoms with Crippen LogP contribution in [0.25, 0.3) is 0 Å². The molecule has 0 atom stereocenters. The molecule has 0 aromatic heterocycles. The predicted octanol–water partition coefficient (Wildman–Crippen LogP) is 4.83. The van der Waals surface area contributed by atoms with Gasteiger partial charge in [-0.25, -0.2) is 8.42 Å². The smallest absolute Gasteiger partial charge is 0.243 e. The number of hydrogen-bond acceptors (Lipinski definition) is 4. The number of carbonyl (C=O) groups excluding carboxylic acids is 1. The van der Waals surface area contributed by atoms with Crippen LogP contribution in [0, 0.1) is 5.21 Å². The number of hydrogen-bond donors (Lipinski definition) is 1. The van der Waals surface area contributed by atoms with Gasteiger partial charge in [0.1, 0.15) is 0 Å². The average Bonchev–Trinajstić information content (AvgIpc) is 2.75. The topological polar surface area (TPSA) is 89.5 Å². The summed E-state index contributed by atoms with van der Waals surface area (Å²) in [5, 5.41) is 10.5. The van der Waals surface area contributed by atoms with E-state index >= 15 is 0 Å². The van der Waals surface area contributed by atoms with E-state index in [9.17, 15) is 18.4 Å². The Morgan fingerprint density at radius 2 is 1.23 bits per heavy atom. The van der Waals surface area contributed by atoms with E-state index in [0.717, 1.165) is 14.5 Å². The van der Waals surface area contributed by atoms with Gasteiger partial charge >= 0.3 is 0 Å². The molecule has 0 unspecified atom stereocenters. The third-order valence-electron chi connectivity index (χ3n) is 4.39. The molecule has 0 fully saturated rings. The quantitative estimate of drug-likeness (QED) is 0.425. The molecule has 0 aliphatic rings. The zero-order valence-electron chi connectivity index (χ0n) is 15.6. The van der Waals surface area contributed by atoms with Gasteiger partial charge in [-0.1, -0.05) is 56.1 Å². The van der Waals surface area contributed by atoms with Gasteiger partial charge in [0.05, 0.1) is 4.90 Å². The molecule has 0 aliphatic carbocycles. The molecule has 156 valence electrons. The minimum absolute atomic E-state index is 0.105. The minimum atomic E-state index is -3.78. The highest BCUT2D eigenvalue weighted by atomic mass is 79.9. The summed E-state index contributed by atoms with van der Waals surface area (Å²) in [6.45, 7) is 0.280. The van der Waals surface area contributed by atoms with Crippen molar-refractivity contribution >= 4 is 47.8 Å². The SMILES string of the molecule is O=C(N[O-])c1ccc(CN(Cc2ccc(Br)cc2)S(=O)(=O)c2ccc(Br)cc2)cc1. The van der Waals surface area contributed by atoms with Gasteiger partial charge in [0.2, 0.25) is 15.9 Å². The highest BCUT2D eigenvalue weighted by Gasteiger charge is 2.25. The fourth-order valence-electron chi connectivity index (χ4n) is 2.80. The molecule has 0 radical (unpaired) electrons. The van der Waals surface area contributed by atoms with Gasteiger partial charge in [0, 0.05) is 27.6 Å². The van der Waals surface area contributed by atoms with Gasteiger partial charge in [-0.15, -0.1) is 0 Å². The summed E-state index contributed by atoms with van der Waals surface area (Å²) in [6.07, 6.45) is 0. The Balaban J connectivity index is 1.93. The lowest BCUT2D eigenvalue weighted by Gasteiger charge is -2.23. The molecule has 9 heteroatoms. The van der Waals surface area contributed by atoms with Crippen molar-refractivity contribution in [3.8, 4) is 0 Å². The molecule has 0 heterocycles. The molecule has 3 aromatic carbocycles. The van der Waals surface area contributed by atoms with Gasteiger partial charge in [-0.05, 0) is 59.7 Å². The summed E-state index contributed by atoms with van der Waals surface area (Å²) in [6, 6.07) is 20.1. The van der Waals surface area contributed by atoms with Crippen molar-refractivity contribution in [3.63, 3.8) is 0 Å². The van der Waals surface area contributed by atoms with Crippen LogP contribution in [0.5, 0.6) is 0 Å². The third kappa shape index (κ3) is 5.55. The number of amides is 1. The first-order valence-electron chi connectivity index (χ1n) is 8.81. The average molecular weight is 553 g/mol. The third-order valence-corrected chi connectivity index (χ3v) is 7.25. The van der Waals surface area contributed by atoms with Crippen molar-refractivity contribution in [1.29, 1.82) is 0 Å². The van der Waals surface area contributed by atoms with Crippen LogP contribution >= 0.6 is 31.9 Å². The van der Waals surface area contributed by atoms with E-state index in [1.165, 1.54) is 21.9 Å². The standard InChI is InChI=1S/C21H17Br2N2O4S/c22-18-7-3-16(4-8-18)14-25(30(28,29)20-11-9-19(23)10-12-20)13-15-1-5-17(6-2-15)21(26)24-27/h1-12H,13-14H2,(H-,24,26,27)/q-1. The summed E-state index contributed by atoms with van der Waals surface area (Å²) in [5.41, 5.74) is 3.06. The summed E-state index contributed by atoms with van der Waals surface area (Å²) in [5.74, 6) is -0.740. The lowest BCUT2D eigenvalue weighted by Crippen LogP contribution is -2.30. The van der Waals surface area contributed by atoms with E-state index in [4.69, 9.17) is 0 Å². The van der Waals surface area contributed by atoms with Crippen molar-refractivity contribution in [1.82, 2.24) is 9.79 Å². The minimum Gasteiger partial charge on any atom is -0.759 e. The van der Waals surface area contributed by atoms with Crippen LogP contribution in [-0.4, -0.2) is 18.6 Å². The molecular formula is C21H17Br2N2O4S-. The second kappa shape index (κ2) is 9.84. The van der Waals surface area contributed by atoms with Crippen molar-refractivity contribution in [3.05, 3.63) is 104 Å². The van der Waals surface area contributed by atoms with E-state index in [1.807, 2.05) is 24.3 Å². The maximum absolute atomic E-state index is 13.3. The second-order valence-corrected chi connectivity index (χ2v) is 10.3. The first-order valence-corrected chi connectivity index (χ1v) is 11.8. The van der Waals surface area contributed by atoms with Gasteiger partial charge in [0.15, 0.2) is 0 Å². The Morgan fingerprint density at radius 1 is 0.800 bits per heavy atom. The molecule has 30 heavy (non-hydrogen) atoms. The molecule has 3 rings (SSSR count). The van der Waals surface area contributed by atoms with Gasteiger partial charge in [-0.3, -0.25) is 4.79 Å². The van der Waals surface area contributed by atoms with Crippen LogP contribution in [-0.2, 0) is 23.1 Å². The van der Waals surface area contributed by atoms with E-state index in [0.29, 0.717) is 5.56 Å². The molecule has 1 amide bonds. The second-order valence-electron chi connectivity index (χ2n) is 6.48. The normalized spacial score (nSPS) is 11.5. The molecule has 0 spiro atoms. The lowest BCUT2D eigenvalue weighted by molar-refractivity contribution is 0.0970. The number of halogens is 2. The molecule has 0 saturated heterocycles. The van der Waals surface area contributed by atoms with E-state index in [2.05, 4.69) is 31.9 Å². The molecule has 0 aliphatic heterocycles. The van der Waals surface area contributed by atoms with Crippen molar-refractivity contribution in [2.75, 3.05) is 0 Å². The van der Waals surface area contributed by atoms with Crippen molar-refractivity contribution in [2.45, 2.75) is 18.0 Å². The Kier molecular flexibility index (Phi) is 7.43. The Labute approximate surface area is 191 Å². The van der Waals surface area contributed by atoms with Crippen LogP contribution in [0.3, 0.4) is 0 Å². The van der Waals surface area contributed by atoms with Crippen LogP contribution in [0.4, 0.5) is 0 Å². The maximum Gasteiger partial charge on any atom is 0.243 e. The summed E-state index contributed by atoms with van der Waals surface area (Å²) >= 11 is 6.70. The number of nitrogens with zero attached hydrogens (tertiary/aromatic N) is 1. The summed E-state index contributed by atoms with van der Waals surface area (Å²) in [7, 11) is -3.78. The highest BCUT2D eigenvalue weighted by molar-refractivity contribution is 9.10. The maximum atomic E-state index is 13.3. The fraction of sp³-hybridized carbons (Fsp3) is 0.0952. The van der Waals surface area contributed by atoms with Crippen LogP contribution < -0.4 is 5.48 Å². The molecule has 0 saturated carbocycles. The predicted molar refractivity (Wildman–Crippen MR) is 122 cm³/mol. The number of sulfonamides is 1. The van der Waals surface area contributed by atoms with Crippen LogP contribution in [0.1, 0.15) is 21.5 Å². The molecule has 1 N–H and O–H groups in total. The zero-order chi connectivity index (χ0) is 21.7. The first kappa shape index (κ1) is 22.6. The fourth-order valence-corrected chi connectivity index (χ4v) is 4.74. The zero-order valence-corrected chi connectivity index (χ0v) is 19.6. The molecule has 3 aromatic rings. The lowest BCUT2D eigenvalue weighted by atomic mass is 10.1. The van der Waals surface area contributed by atoms with Crippen LogP contribution in [0.2, 0.25) is 0 Å². The summed E-state index contributed by atoms with van der Waals surface area (Å²) in [4.78, 5) is 11.6. The molecule has 0 bridgehead atoms. The number of benzene rings is 3. The van der Waals surface area contributed by atoms with Gasteiger partial charge in [-0.2, -0.15) is 4.31 Å². The Bertz CT molecular complexity index is 1120. The van der Waals surface area contributed by atoms with Crippen LogP contribution in [0.15, 0.2) is 86.6 Å². The number of hydroxylamine groups is 1. The van der Waals surface area contributed by atoms with E-state index in [-0.39, 0.29) is 23.5 Å². The van der Waals surface area contributed by atoms with Gasteiger partial charge < -0.3 is 10.7 Å². The van der Waals surface area contributed by atoms with Crippen molar-refractivity contribution in [2.24, 2.45) is 0 Å². The number of nitrogens with one attached hydrogen (secondary N) is 1. The summed E-state index contributed by atoms with van der Waals surface area (Å²) < 4.78 is 29.7. The van der Waals surface area contributed by atoms with E-state index < -0.39 is 15.9 Å². The first-order chi connectivity index (χ1) is 14.3. The molecule has 6 nitrogen and oxygen atoms in total. The highest BCUT2D eigenvalue weighted by Crippen LogP contribution is 2.23. The largest absolute Gasteiger partial charge is 0.759 e. The Morgan fingerprint density at radius 3 is 1.70 bits per heavy atom.